The van der Waals surface area contributed by atoms with Gasteiger partial charge in [0.05, 0.1) is 11.5 Å². The number of methoxy groups -OCH3 is 1. The van der Waals surface area contributed by atoms with Crippen molar-refractivity contribution in [2.45, 2.75) is 44.9 Å². The van der Waals surface area contributed by atoms with Gasteiger partial charge in [-0.15, -0.1) is 23.7 Å². The van der Waals surface area contributed by atoms with Crippen molar-refractivity contribution in [3.8, 4) is 0 Å². The predicted molar refractivity (Wildman–Crippen MR) is 109 cm³/mol. The highest BCUT2D eigenvalue weighted by Gasteiger charge is 2.48. The SMILES string of the molecule is COCc1ccc2cc(C(=O)NC3C4CCN(CC4)C3(C)C)sc2c1.Cl. The van der Waals surface area contributed by atoms with Gasteiger partial charge < -0.3 is 10.1 Å². The van der Waals surface area contributed by atoms with Gasteiger partial charge >= 0.3 is 0 Å². The quantitative estimate of drug-likeness (QED) is 0.849. The van der Waals surface area contributed by atoms with E-state index in [1.54, 1.807) is 18.4 Å². The number of ether oxygens (including phenoxy) is 1. The first-order chi connectivity index (χ1) is 12.0. The normalized spacial score (nSPS) is 26.5. The Bertz CT molecular complexity index is 796. The molecule has 0 saturated carbocycles. The molecule has 3 aliphatic heterocycles. The molecule has 0 spiro atoms. The van der Waals surface area contributed by atoms with Crippen LogP contribution < -0.4 is 5.32 Å². The molecule has 3 fully saturated rings. The van der Waals surface area contributed by atoms with Gasteiger partial charge in [-0.2, -0.15) is 0 Å². The van der Waals surface area contributed by atoms with Gasteiger partial charge in [-0.1, -0.05) is 12.1 Å². The monoisotopic (exact) mass is 394 g/mol. The Morgan fingerprint density at radius 2 is 2.04 bits per heavy atom. The van der Waals surface area contributed by atoms with Gasteiger partial charge in [0.25, 0.3) is 5.91 Å². The van der Waals surface area contributed by atoms with Crippen LogP contribution in [0.1, 0.15) is 41.9 Å². The van der Waals surface area contributed by atoms with Gasteiger partial charge in [0.15, 0.2) is 0 Å². The molecule has 1 N–H and O–H groups in total. The molecule has 1 unspecified atom stereocenters. The van der Waals surface area contributed by atoms with E-state index in [0.29, 0.717) is 12.5 Å². The summed E-state index contributed by atoms with van der Waals surface area (Å²) in [5.74, 6) is 0.674. The second-order valence-corrected chi connectivity index (χ2v) is 8.93. The highest BCUT2D eigenvalue weighted by molar-refractivity contribution is 7.20. The third-order valence-corrected chi connectivity index (χ3v) is 7.09. The average molecular weight is 395 g/mol. The molecule has 2 bridgehead atoms. The summed E-state index contributed by atoms with van der Waals surface area (Å²) >= 11 is 1.57. The molecule has 1 aromatic heterocycles. The zero-order valence-corrected chi connectivity index (χ0v) is 17.2. The van der Waals surface area contributed by atoms with Crippen LogP contribution in [0.3, 0.4) is 0 Å². The van der Waals surface area contributed by atoms with Crippen LogP contribution in [0.4, 0.5) is 0 Å². The number of benzene rings is 1. The largest absolute Gasteiger partial charge is 0.380 e. The second kappa shape index (κ2) is 7.47. The summed E-state index contributed by atoms with van der Waals surface area (Å²) in [4.78, 5) is 16.2. The summed E-state index contributed by atoms with van der Waals surface area (Å²) in [6, 6.07) is 8.52. The molecule has 6 heteroatoms. The Balaban J connectivity index is 0.00000196. The van der Waals surface area contributed by atoms with Crippen LogP contribution in [0.15, 0.2) is 24.3 Å². The fraction of sp³-hybridized carbons (Fsp3) is 0.550. The van der Waals surface area contributed by atoms with Crippen molar-refractivity contribution < 1.29 is 9.53 Å². The lowest BCUT2D eigenvalue weighted by molar-refractivity contribution is -0.0377. The van der Waals surface area contributed by atoms with Crippen molar-refractivity contribution >= 4 is 39.7 Å². The van der Waals surface area contributed by atoms with E-state index in [2.05, 4.69) is 42.3 Å². The lowest BCUT2D eigenvalue weighted by Gasteiger charge is -2.56. The highest BCUT2D eigenvalue weighted by atomic mass is 35.5. The molecule has 3 aliphatic rings. The van der Waals surface area contributed by atoms with Crippen LogP contribution >= 0.6 is 23.7 Å². The number of hydrogen-bond donors (Lipinski definition) is 1. The minimum Gasteiger partial charge on any atom is -0.380 e. The summed E-state index contributed by atoms with van der Waals surface area (Å²) in [6.45, 7) is 7.46. The number of hydrogen-bond acceptors (Lipinski definition) is 4. The van der Waals surface area contributed by atoms with Crippen LogP contribution in [0.2, 0.25) is 0 Å². The van der Waals surface area contributed by atoms with Gasteiger partial charge in [-0.3, -0.25) is 9.69 Å². The zero-order chi connectivity index (χ0) is 17.6. The maximum absolute atomic E-state index is 12.9. The number of carbonyl (C=O) groups excluding carboxylic acids is 1. The fourth-order valence-electron chi connectivity index (χ4n) is 4.53. The van der Waals surface area contributed by atoms with E-state index < -0.39 is 0 Å². The van der Waals surface area contributed by atoms with E-state index in [1.807, 2.05) is 6.07 Å². The number of amides is 1. The maximum atomic E-state index is 12.9. The highest BCUT2D eigenvalue weighted by Crippen LogP contribution is 2.39. The summed E-state index contributed by atoms with van der Waals surface area (Å²) in [5.41, 5.74) is 1.18. The lowest BCUT2D eigenvalue weighted by atomic mass is 9.72. The predicted octanol–water partition coefficient (Wildman–Crippen LogP) is 4.07. The first-order valence-corrected chi connectivity index (χ1v) is 9.88. The van der Waals surface area contributed by atoms with Crippen LogP contribution in [0.5, 0.6) is 0 Å². The summed E-state index contributed by atoms with van der Waals surface area (Å²) in [7, 11) is 1.70. The number of carbonyl (C=O) groups is 1. The standard InChI is InChI=1S/C20H26N2O2S.ClH/c1-20(2)18(14-6-8-22(20)9-7-14)21-19(23)17-11-15-5-4-13(12-24-3)10-16(15)25-17;/h4-5,10-11,14,18H,6-9,12H2,1-3H3,(H,21,23);1H. The van der Waals surface area contributed by atoms with Crippen LogP contribution in [0, 0.1) is 5.92 Å². The van der Waals surface area contributed by atoms with E-state index in [0.717, 1.165) is 33.6 Å². The number of thiophene rings is 1. The topological polar surface area (TPSA) is 41.6 Å². The van der Waals surface area contributed by atoms with E-state index in [4.69, 9.17) is 4.74 Å². The molecule has 0 aliphatic carbocycles. The number of nitrogens with zero attached hydrogens (tertiary/aromatic N) is 1. The minimum atomic E-state index is 0. The summed E-state index contributed by atoms with van der Waals surface area (Å²) in [5, 5.41) is 4.49. The van der Waals surface area contributed by atoms with Crippen LogP contribution in [0.25, 0.3) is 10.1 Å². The fourth-order valence-corrected chi connectivity index (χ4v) is 5.56. The molecule has 3 saturated heterocycles. The molecule has 1 atom stereocenters. The third-order valence-electron chi connectivity index (χ3n) is 5.99. The van der Waals surface area contributed by atoms with Crippen molar-refractivity contribution in [2.24, 2.45) is 5.92 Å². The van der Waals surface area contributed by atoms with Gasteiger partial charge in [0, 0.05) is 23.4 Å². The first kappa shape index (κ1) is 19.6. The Kier molecular flexibility index (Phi) is 5.63. The molecule has 4 heterocycles. The van der Waals surface area contributed by atoms with E-state index >= 15 is 0 Å². The molecule has 142 valence electrons. The van der Waals surface area contributed by atoms with Crippen molar-refractivity contribution in [3.63, 3.8) is 0 Å². The van der Waals surface area contributed by atoms with Crippen molar-refractivity contribution in [1.29, 1.82) is 0 Å². The zero-order valence-electron chi connectivity index (χ0n) is 15.6. The summed E-state index contributed by atoms with van der Waals surface area (Å²) < 4.78 is 6.35. The van der Waals surface area contributed by atoms with Crippen molar-refractivity contribution in [1.82, 2.24) is 10.2 Å². The molecule has 26 heavy (non-hydrogen) atoms. The number of rotatable bonds is 4. The molecule has 1 amide bonds. The number of halogens is 1. The smallest absolute Gasteiger partial charge is 0.261 e. The Hall–Kier alpha value is -1.14. The van der Waals surface area contributed by atoms with E-state index in [-0.39, 0.29) is 29.9 Å². The van der Waals surface area contributed by atoms with Gasteiger partial charge in [0.1, 0.15) is 0 Å². The molecule has 0 radical (unpaired) electrons. The Morgan fingerprint density at radius 3 is 2.69 bits per heavy atom. The number of piperidine rings is 3. The molecule has 2 aromatic rings. The molecule has 5 rings (SSSR count). The van der Waals surface area contributed by atoms with Gasteiger partial charge in [-0.25, -0.2) is 0 Å². The van der Waals surface area contributed by atoms with Gasteiger partial charge in [-0.05, 0) is 68.8 Å². The Morgan fingerprint density at radius 1 is 1.31 bits per heavy atom. The van der Waals surface area contributed by atoms with Crippen LogP contribution in [-0.2, 0) is 11.3 Å². The molecular formula is C20H27ClN2O2S. The summed E-state index contributed by atoms with van der Waals surface area (Å²) in [6.07, 6.45) is 2.39. The maximum Gasteiger partial charge on any atom is 0.261 e. The Labute approximate surface area is 165 Å². The van der Waals surface area contributed by atoms with Crippen molar-refractivity contribution in [2.75, 3.05) is 20.2 Å². The minimum absolute atomic E-state index is 0. The number of nitrogens with one attached hydrogen (secondary N) is 1. The molecule has 4 nitrogen and oxygen atoms in total. The average Bonchev–Trinajstić information content (AvgIpc) is 3.02. The van der Waals surface area contributed by atoms with E-state index in [1.165, 1.54) is 12.8 Å². The van der Waals surface area contributed by atoms with Crippen LogP contribution in [-0.4, -0.2) is 42.6 Å². The molecule has 1 aromatic carbocycles. The first-order valence-electron chi connectivity index (χ1n) is 9.06. The van der Waals surface area contributed by atoms with Crippen molar-refractivity contribution in [3.05, 3.63) is 34.7 Å². The van der Waals surface area contributed by atoms with E-state index in [9.17, 15) is 4.79 Å². The third kappa shape index (κ3) is 3.38. The lowest BCUT2D eigenvalue weighted by Crippen LogP contribution is -2.69. The second-order valence-electron chi connectivity index (χ2n) is 7.85. The van der Waals surface area contributed by atoms with Gasteiger partial charge in [0.2, 0.25) is 0 Å². The number of fused-ring (bicyclic) bond motifs is 4. The molecular weight excluding hydrogens is 368 g/mol.